The Bertz CT molecular complexity index is 1170. The maximum Gasteiger partial charge on any atom is 0.339 e. The maximum absolute atomic E-state index is 11.8. The van der Waals surface area contributed by atoms with E-state index in [4.69, 9.17) is 4.74 Å². The summed E-state index contributed by atoms with van der Waals surface area (Å²) in [6.07, 6.45) is 0. The SMILES string of the molecule is CC(C)CNc1c([N+](=O)[O-])c2nnnn2c2ccc(OCc3ccccc3)cc12. The maximum atomic E-state index is 11.8. The number of rotatable bonds is 7. The Morgan fingerprint density at radius 3 is 2.72 bits per heavy atom. The molecular formula is C20H20N6O3. The van der Waals surface area contributed by atoms with Crippen molar-refractivity contribution in [3.8, 4) is 5.75 Å². The average Bonchev–Trinajstić information content (AvgIpc) is 3.20. The number of fused-ring (bicyclic) bond motifs is 3. The minimum Gasteiger partial charge on any atom is -0.489 e. The molecule has 9 heteroatoms. The normalized spacial score (nSPS) is 11.3. The van der Waals surface area contributed by atoms with Crippen LogP contribution in [0.15, 0.2) is 48.5 Å². The highest BCUT2D eigenvalue weighted by Gasteiger charge is 2.26. The number of benzene rings is 2. The number of aromatic nitrogens is 4. The van der Waals surface area contributed by atoms with Crippen LogP contribution in [0.4, 0.5) is 11.4 Å². The molecule has 0 fully saturated rings. The first-order valence-corrected chi connectivity index (χ1v) is 9.27. The number of pyridine rings is 1. The first-order chi connectivity index (χ1) is 14.0. The molecule has 0 amide bonds. The summed E-state index contributed by atoms with van der Waals surface area (Å²) in [4.78, 5) is 11.4. The standard InChI is InChI=1S/C20H20N6O3/c1-13(2)11-21-18-16-10-15(29-12-14-6-4-3-5-7-14)8-9-17(16)25-20(22-23-24-25)19(18)26(27)28/h3-10,13,21H,11-12H2,1-2H3. The van der Waals surface area contributed by atoms with Gasteiger partial charge in [-0.2, -0.15) is 4.52 Å². The van der Waals surface area contributed by atoms with Crippen LogP contribution in [0.5, 0.6) is 5.75 Å². The number of nitrogens with one attached hydrogen (secondary N) is 1. The Hall–Kier alpha value is -3.75. The van der Waals surface area contributed by atoms with E-state index < -0.39 is 4.92 Å². The van der Waals surface area contributed by atoms with Gasteiger partial charge in [-0.3, -0.25) is 10.1 Å². The zero-order valence-electron chi connectivity index (χ0n) is 16.1. The molecule has 2 heterocycles. The number of tetrazole rings is 1. The highest BCUT2D eigenvalue weighted by atomic mass is 16.6. The molecule has 4 aromatic rings. The van der Waals surface area contributed by atoms with Gasteiger partial charge in [0.1, 0.15) is 18.0 Å². The van der Waals surface area contributed by atoms with Gasteiger partial charge in [0.05, 0.1) is 10.4 Å². The molecule has 0 atom stereocenters. The minimum atomic E-state index is -0.453. The molecule has 9 nitrogen and oxygen atoms in total. The lowest BCUT2D eigenvalue weighted by atomic mass is 10.1. The zero-order chi connectivity index (χ0) is 20.4. The van der Waals surface area contributed by atoms with Crippen molar-refractivity contribution in [2.45, 2.75) is 20.5 Å². The predicted molar refractivity (Wildman–Crippen MR) is 109 cm³/mol. The van der Waals surface area contributed by atoms with E-state index in [0.717, 1.165) is 5.56 Å². The van der Waals surface area contributed by atoms with Gasteiger partial charge in [0.15, 0.2) is 0 Å². The van der Waals surface area contributed by atoms with Crippen molar-refractivity contribution in [2.75, 3.05) is 11.9 Å². The van der Waals surface area contributed by atoms with Gasteiger partial charge >= 0.3 is 5.69 Å². The van der Waals surface area contributed by atoms with E-state index in [-0.39, 0.29) is 11.3 Å². The van der Waals surface area contributed by atoms with Gasteiger partial charge < -0.3 is 10.1 Å². The minimum absolute atomic E-state index is 0.103. The van der Waals surface area contributed by atoms with Crippen LogP contribution in [0, 0.1) is 16.0 Å². The Morgan fingerprint density at radius 1 is 1.21 bits per heavy atom. The Morgan fingerprint density at radius 2 is 2.00 bits per heavy atom. The quantitative estimate of drug-likeness (QED) is 0.376. The van der Waals surface area contributed by atoms with Crippen LogP contribution in [0.25, 0.3) is 16.6 Å². The third-order valence-corrected chi connectivity index (χ3v) is 4.50. The summed E-state index contributed by atoms with van der Waals surface area (Å²) in [5, 5.41) is 27.1. The summed E-state index contributed by atoms with van der Waals surface area (Å²) in [6, 6.07) is 15.2. The van der Waals surface area contributed by atoms with Gasteiger partial charge in [0, 0.05) is 11.9 Å². The van der Waals surface area contributed by atoms with E-state index >= 15 is 0 Å². The van der Waals surface area contributed by atoms with Crippen LogP contribution in [-0.4, -0.2) is 31.5 Å². The highest BCUT2D eigenvalue weighted by molar-refractivity contribution is 6.01. The largest absolute Gasteiger partial charge is 0.489 e. The lowest BCUT2D eigenvalue weighted by molar-refractivity contribution is -0.382. The van der Waals surface area contributed by atoms with E-state index in [1.54, 1.807) is 6.07 Å². The summed E-state index contributed by atoms with van der Waals surface area (Å²) in [5.41, 5.74) is 2.04. The summed E-state index contributed by atoms with van der Waals surface area (Å²) < 4.78 is 7.30. The number of nitro groups is 1. The van der Waals surface area contributed by atoms with Crippen LogP contribution < -0.4 is 10.1 Å². The molecule has 1 N–H and O–H groups in total. The molecular weight excluding hydrogens is 372 g/mol. The van der Waals surface area contributed by atoms with Gasteiger partial charge in [-0.25, -0.2) is 0 Å². The molecule has 0 unspecified atom stereocenters. The van der Waals surface area contributed by atoms with Crippen molar-refractivity contribution in [2.24, 2.45) is 5.92 Å². The van der Waals surface area contributed by atoms with Gasteiger partial charge in [-0.05, 0) is 40.1 Å². The third-order valence-electron chi connectivity index (χ3n) is 4.50. The van der Waals surface area contributed by atoms with E-state index in [0.29, 0.717) is 41.4 Å². The van der Waals surface area contributed by atoms with Crippen molar-refractivity contribution in [3.05, 3.63) is 64.2 Å². The first-order valence-electron chi connectivity index (χ1n) is 9.27. The van der Waals surface area contributed by atoms with Gasteiger partial charge in [-0.15, -0.1) is 5.10 Å². The molecule has 0 aliphatic rings. The fourth-order valence-electron chi connectivity index (χ4n) is 3.13. The van der Waals surface area contributed by atoms with E-state index in [9.17, 15) is 10.1 Å². The number of hydrogen-bond acceptors (Lipinski definition) is 7. The van der Waals surface area contributed by atoms with Crippen molar-refractivity contribution < 1.29 is 9.66 Å². The summed E-state index contributed by atoms with van der Waals surface area (Å²) >= 11 is 0. The summed E-state index contributed by atoms with van der Waals surface area (Å²) in [5.74, 6) is 0.907. The molecule has 0 saturated heterocycles. The monoisotopic (exact) mass is 392 g/mol. The van der Waals surface area contributed by atoms with Crippen LogP contribution in [0.3, 0.4) is 0 Å². The Balaban J connectivity index is 1.83. The fraction of sp³-hybridized carbons (Fsp3) is 0.250. The molecule has 0 spiro atoms. The summed E-state index contributed by atoms with van der Waals surface area (Å²) in [7, 11) is 0. The lowest BCUT2D eigenvalue weighted by Gasteiger charge is -2.14. The van der Waals surface area contributed by atoms with Crippen molar-refractivity contribution >= 4 is 27.9 Å². The molecule has 0 radical (unpaired) electrons. The van der Waals surface area contributed by atoms with E-state index in [1.807, 2.05) is 56.3 Å². The van der Waals surface area contributed by atoms with Crippen molar-refractivity contribution in [3.63, 3.8) is 0 Å². The molecule has 2 aromatic heterocycles. The molecule has 2 aromatic carbocycles. The van der Waals surface area contributed by atoms with Crippen molar-refractivity contribution in [1.82, 2.24) is 20.0 Å². The predicted octanol–water partition coefficient (Wildman–Crippen LogP) is 3.83. The van der Waals surface area contributed by atoms with Crippen molar-refractivity contribution in [1.29, 1.82) is 0 Å². The van der Waals surface area contributed by atoms with E-state index in [1.165, 1.54) is 4.52 Å². The molecule has 0 aliphatic carbocycles. The van der Waals surface area contributed by atoms with Gasteiger partial charge in [0.25, 0.3) is 5.65 Å². The molecule has 0 bridgehead atoms. The molecule has 4 rings (SSSR count). The average molecular weight is 392 g/mol. The third kappa shape index (κ3) is 3.66. The molecule has 148 valence electrons. The van der Waals surface area contributed by atoms with Gasteiger partial charge in [-0.1, -0.05) is 44.2 Å². The second-order valence-corrected chi connectivity index (χ2v) is 7.12. The summed E-state index contributed by atoms with van der Waals surface area (Å²) in [6.45, 7) is 5.04. The second-order valence-electron chi connectivity index (χ2n) is 7.12. The topological polar surface area (TPSA) is 107 Å². The second kappa shape index (κ2) is 7.70. The van der Waals surface area contributed by atoms with Crippen LogP contribution >= 0.6 is 0 Å². The number of ether oxygens (including phenoxy) is 1. The smallest absolute Gasteiger partial charge is 0.339 e. The Kier molecular flexibility index (Phi) is 4.94. The lowest BCUT2D eigenvalue weighted by Crippen LogP contribution is -2.11. The molecule has 0 aliphatic heterocycles. The zero-order valence-corrected chi connectivity index (χ0v) is 16.1. The highest BCUT2D eigenvalue weighted by Crippen LogP contribution is 2.37. The fourth-order valence-corrected chi connectivity index (χ4v) is 3.13. The van der Waals surface area contributed by atoms with Crippen LogP contribution in [0.2, 0.25) is 0 Å². The number of hydrogen-bond donors (Lipinski definition) is 1. The number of anilines is 1. The Labute approximate surface area is 166 Å². The first kappa shape index (κ1) is 18.6. The van der Waals surface area contributed by atoms with Crippen LogP contribution in [0.1, 0.15) is 19.4 Å². The number of nitrogens with zero attached hydrogens (tertiary/aromatic N) is 5. The van der Waals surface area contributed by atoms with Crippen LogP contribution in [-0.2, 0) is 6.61 Å². The molecule has 0 saturated carbocycles. The van der Waals surface area contributed by atoms with E-state index in [2.05, 4.69) is 20.8 Å². The van der Waals surface area contributed by atoms with Gasteiger partial charge in [0.2, 0.25) is 0 Å². The molecule has 29 heavy (non-hydrogen) atoms.